The highest BCUT2D eigenvalue weighted by Crippen LogP contribution is 2.35. The summed E-state index contributed by atoms with van der Waals surface area (Å²) in [6.07, 6.45) is -16.3. The number of carbonyl (C=O) groups is 8. The first-order valence-corrected chi connectivity index (χ1v) is 14.2. The van der Waals surface area contributed by atoms with Crippen LogP contribution in [0.15, 0.2) is 0 Å². The SMILES string of the molecule is CC(=O)OC[C@H]1O[C@@H](O[C@H]2O[C@H](COC(C)=O)[C@@H](OC(C)=O)[C@H](OC(C)=O)[C@@H]2OC(C)=O)[C@@H](OC(C)=O)[C@@H](OC(C)=O)[C@@H]1OC(C)=O. The quantitative estimate of drug-likeness (QED) is 0.181. The third kappa shape index (κ3) is 12.1. The molecule has 2 fully saturated rings. The van der Waals surface area contributed by atoms with Crippen molar-refractivity contribution in [3.8, 4) is 0 Å². The van der Waals surface area contributed by atoms with Gasteiger partial charge in [-0.05, 0) is 0 Å². The Bertz CT molecular complexity index is 1110. The van der Waals surface area contributed by atoms with Crippen LogP contribution < -0.4 is 0 Å². The highest BCUT2D eigenvalue weighted by molar-refractivity contribution is 5.70. The van der Waals surface area contributed by atoms with Crippen LogP contribution >= 0.6 is 0 Å². The molecule has 0 unspecified atom stereocenters. The van der Waals surface area contributed by atoms with Crippen LogP contribution in [0.2, 0.25) is 0 Å². The summed E-state index contributed by atoms with van der Waals surface area (Å²) in [4.78, 5) is 96.2. The Balaban J connectivity index is 2.69. The lowest BCUT2D eigenvalue weighted by Crippen LogP contribution is -2.66. The average molecular weight is 679 g/mol. The van der Waals surface area contributed by atoms with Crippen molar-refractivity contribution in [1.29, 1.82) is 0 Å². The van der Waals surface area contributed by atoms with Crippen molar-refractivity contribution in [1.82, 2.24) is 0 Å². The summed E-state index contributed by atoms with van der Waals surface area (Å²) in [6, 6.07) is 0. The highest BCUT2D eigenvalue weighted by atomic mass is 16.8. The fourth-order valence-corrected chi connectivity index (χ4v) is 4.73. The number of ether oxygens (including phenoxy) is 11. The predicted molar refractivity (Wildman–Crippen MR) is 145 cm³/mol. The van der Waals surface area contributed by atoms with Gasteiger partial charge in [0.05, 0.1) is 0 Å². The van der Waals surface area contributed by atoms with E-state index in [2.05, 4.69) is 0 Å². The van der Waals surface area contributed by atoms with Gasteiger partial charge < -0.3 is 52.1 Å². The molecule has 2 aliphatic heterocycles. The van der Waals surface area contributed by atoms with E-state index in [4.69, 9.17) is 52.1 Å². The lowest BCUT2D eigenvalue weighted by Gasteiger charge is -2.48. The first kappa shape index (κ1) is 38.8. The molecule has 264 valence electrons. The van der Waals surface area contributed by atoms with Gasteiger partial charge in [-0.3, -0.25) is 38.4 Å². The summed E-state index contributed by atoms with van der Waals surface area (Å²) in [5, 5.41) is 0. The molecule has 0 aliphatic carbocycles. The van der Waals surface area contributed by atoms with Gasteiger partial charge in [0.1, 0.15) is 25.4 Å². The molecule has 10 atom stereocenters. The molecule has 0 N–H and O–H groups in total. The van der Waals surface area contributed by atoms with E-state index < -0.39 is 122 Å². The number of carbonyl (C=O) groups excluding carboxylic acids is 8. The number of esters is 8. The largest absolute Gasteiger partial charge is 0.463 e. The molecule has 0 aromatic carbocycles. The molecule has 0 aromatic rings. The van der Waals surface area contributed by atoms with Gasteiger partial charge in [0.15, 0.2) is 36.6 Å². The van der Waals surface area contributed by atoms with Crippen molar-refractivity contribution >= 4 is 47.8 Å². The lowest BCUT2D eigenvalue weighted by molar-refractivity contribution is -0.377. The van der Waals surface area contributed by atoms with Crippen LogP contribution in [0.5, 0.6) is 0 Å². The van der Waals surface area contributed by atoms with E-state index >= 15 is 0 Å². The van der Waals surface area contributed by atoms with Gasteiger partial charge in [-0.1, -0.05) is 0 Å². The minimum Gasteiger partial charge on any atom is -0.463 e. The topological polar surface area (TPSA) is 238 Å². The molecule has 19 heteroatoms. The molecule has 0 aromatic heterocycles. The zero-order valence-electron chi connectivity index (χ0n) is 26.9. The zero-order chi connectivity index (χ0) is 35.6. The average Bonchev–Trinajstić information content (AvgIpc) is 2.91. The molecule has 2 rings (SSSR count). The Morgan fingerprint density at radius 3 is 0.894 bits per heavy atom. The Hall–Kier alpha value is -4.36. The number of rotatable bonds is 12. The highest BCUT2D eigenvalue weighted by Gasteiger charge is 2.57. The summed E-state index contributed by atoms with van der Waals surface area (Å²) >= 11 is 0. The zero-order valence-corrected chi connectivity index (χ0v) is 26.9. The molecule has 0 saturated carbocycles. The van der Waals surface area contributed by atoms with Gasteiger partial charge in [-0.25, -0.2) is 0 Å². The third-order valence-corrected chi connectivity index (χ3v) is 6.16. The van der Waals surface area contributed by atoms with E-state index in [9.17, 15) is 38.4 Å². The summed E-state index contributed by atoms with van der Waals surface area (Å²) in [6.45, 7) is 7.10. The summed E-state index contributed by atoms with van der Waals surface area (Å²) < 4.78 is 60.1. The minimum absolute atomic E-state index is 0.587. The Kier molecular flexibility index (Phi) is 14.5. The molecule has 2 heterocycles. The minimum atomic E-state index is -1.84. The maximum absolute atomic E-state index is 12.2. The standard InChI is InChI=1S/C28H38O19/c1-11(29)37-9-19-21(39-13(3)31)23(41-15(5)33)25(43-17(7)35)27(45-19)47-28-26(44-18(8)36)24(42-16(6)34)22(40-14(4)32)20(46-28)10-38-12(2)30/h19-28H,9-10H2,1-8H3/t19-,20-,21-,22-,23+,24+,25+,26+,27-,28+/m1/s1. The second-order valence-electron chi connectivity index (χ2n) is 10.3. The van der Waals surface area contributed by atoms with E-state index in [-0.39, 0.29) is 0 Å². The molecule has 0 radical (unpaired) electrons. The van der Waals surface area contributed by atoms with Gasteiger partial charge in [0.25, 0.3) is 0 Å². The van der Waals surface area contributed by atoms with Gasteiger partial charge in [-0.15, -0.1) is 0 Å². The van der Waals surface area contributed by atoms with E-state index in [0.717, 1.165) is 55.4 Å². The maximum atomic E-state index is 12.2. The van der Waals surface area contributed by atoms with Crippen molar-refractivity contribution in [2.45, 2.75) is 117 Å². The van der Waals surface area contributed by atoms with Crippen molar-refractivity contribution in [3.63, 3.8) is 0 Å². The van der Waals surface area contributed by atoms with Crippen molar-refractivity contribution in [3.05, 3.63) is 0 Å². The van der Waals surface area contributed by atoms with Gasteiger partial charge in [-0.2, -0.15) is 0 Å². The Morgan fingerprint density at radius 2 is 0.638 bits per heavy atom. The second kappa shape index (κ2) is 17.5. The predicted octanol–water partition coefficient (Wildman–Crippen LogP) is -0.831. The first-order chi connectivity index (χ1) is 21.9. The van der Waals surface area contributed by atoms with E-state index in [1.165, 1.54) is 0 Å². The van der Waals surface area contributed by atoms with Crippen molar-refractivity contribution in [2.24, 2.45) is 0 Å². The number of hydrogen-bond acceptors (Lipinski definition) is 19. The summed E-state index contributed by atoms with van der Waals surface area (Å²) in [7, 11) is 0. The molecule has 2 saturated heterocycles. The van der Waals surface area contributed by atoms with Crippen LogP contribution in [0.3, 0.4) is 0 Å². The van der Waals surface area contributed by atoms with Gasteiger partial charge >= 0.3 is 47.8 Å². The molecule has 0 bridgehead atoms. The van der Waals surface area contributed by atoms with Crippen molar-refractivity contribution < 1.29 is 90.5 Å². The molecular weight excluding hydrogens is 640 g/mol. The molecule has 0 spiro atoms. The monoisotopic (exact) mass is 678 g/mol. The first-order valence-electron chi connectivity index (χ1n) is 14.2. The van der Waals surface area contributed by atoms with Crippen LogP contribution in [0.1, 0.15) is 55.4 Å². The lowest BCUT2D eigenvalue weighted by atomic mass is 9.96. The molecule has 19 nitrogen and oxygen atoms in total. The fraction of sp³-hybridized carbons (Fsp3) is 0.714. The normalized spacial score (nSPS) is 30.0. The van der Waals surface area contributed by atoms with Gasteiger partial charge in [0.2, 0.25) is 12.6 Å². The van der Waals surface area contributed by atoms with Crippen LogP contribution in [-0.4, -0.2) is 122 Å². The second-order valence-corrected chi connectivity index (χ2v) is 10.3. The Labute approximate surface area is 268 Å². The third-order valence-electron chi connectivity index (χ3n) is 6.16. The van der Waals surface area contributed by atoms with E-state index in [0.29, 0.717) is 0 Å². The van der Waals surface area contributed by atoms with Gasteiger partial charge in [0, 0.05) is 55.4 Å². The van der Waals surface area contributed by atoms with E-state index in [1.54, 1.807) is 0 Å². The molecule has 2 aliphatic rings. The van der Waals surface area contributed by atoms with Crippen LogP contribution in [0, 0.1) is 0 Å². The fourth-order valence-electron chi connectivity index (χ4n) is 4.73. The summed E-state index contributed by atoms with van der Waals surface area (Å²) in [5.41, 5.74) is 0. The van der Waals surface area contributed by atoms with Crippen molar-refractivity contribution in [2.75, 3.05) is 13.2 Å². The van der Waals surface area contributed by atoms with Crippen LogP contribution in [0.4, 0.5) is 0 Å². The van der Waals surface area contributed by atoms with Crippen LogP contribution in [-0.2, 0) is 90.5 Å². The van der Waals surface area contributed by atoms with E-state index in [1.807, 2.05) is 0 Å². The molecule has 47 heavy (non-hydrogen) atoms. The van der Waals surface area contributed by atoms with Crippen LogP contribution in [0.25, 0.3) is 0 Å². The number of hydrogen-bond donors (Lipinski definition) is 0. The Morgan fingerprint density at radius 1 is 0.383 bits per heavy atom. The molecule has 0 amide bonds. The summed E-state index contributed by atoms with van der Waals surface area (Å²) in [5.74, 6) is -6.98. The smallest absolute Gasteiger partial charge is 0.303 e. The maximum Gasteiger partial charge on any atom is 0.303 e. The molecular formula is C28H38O19.